The lowest BCUT2D eigenvalue weighted by Gasteiger charge is -2.15. The minimum absolute atomic E-state index is 0.128. The summed E-state index contributed by atoms with van der Waals surface area (Å²) < 4.78 is 37.4. The van der Waals surface area contributed by atoms with Gasteiger partial charge in [-0.1, -0.05) is 18.2 Å². The summed E-state index contributed by atoms with van der Waals surface area (Å²) in [6.45, 7) is 0. The molecule has 0 unspecified atom stereocenters. The van der Waals surface area contributed by atoms with E-state index in [2.05, 4.69) is 5.32 Å². The molecule has 0 aliphatic rings. The maximum atomic E-state index is 12.9. The highest BCUT2D eigenvalue weighted by Gasteiger charge is 2.23. The fourth-order valence-electron chi connectivity index (χ4n) is 2.15. The zero-order valence-electron chi connectivity index (χ0n) is 13.2. The third-order valence-electron chi connectivity index (χ3n) is 3.53. The first kappa shape index (κ1) is 18.6. The van der Waals surface area contributed by atoms with Crippen molar-refractivity contribution in [2.24, 2.45) is 5.73 Å². The maximum absolute atomic E-state index is 12.9. The van der Waals surface area contributed by atoms with Crippen LogP contribution in [0.4, 0.5) is 4.39 Å². The van der Waals surface area contributed by atoms with E-state index in [0.717, 1.165) is 12.1 Å². The Balaban J connectivity index is 2.05. The number of benzene rings is 2. The highest BCUT2D eigenvalue weighted by molar-refractivity contribution is 7.91. The minimum atomic E-state index is -3.60. The molecule has 0 heterocycles. The summed E-state index contributed by atoms with van der Waals surface area (Å²) in [5.74, 6) is -2.34. The van der Waals surface area contributed by atoms with Gasteiger partial charge in [-0.05, 0) is 42.8 Å². The fourth-order valence-corrected chi connectivity index (χ4v) is 3.50. The number of carbonyl (C=O) groups excluding carboxylic acids is 2. The number of sulfone groups is 1. The Morgan fingerprint density at radius 3 is 2.20 bits per heavy atom. The number of hydrogen-bond donors (Lipinski definition) is 2. The van der Waals surface area contributed by atoms with Crippen molar-refractivity contribution < 1.29 is 22.4 Å². The predicted octanol–water partition coefficient (Wildman–Crippen LogP) is 1.27. The topological polar surface area (TPSA) is 106 Å². The van der Waals surface area contributed by atoms with E-state index in [0.29, 0.717) is 0 Å². The quantitative estimate of drug-likeness (QED) is 0.772. The van der Waals surface area contributed by atoms with Crippen molar-refractivity contribution >= 4 is 21.7 Å². The number of rotatable bonds is 7. The molecule has 2 aromatic carbocycles. The van der Waals surface area contributed by atoms with Gasteiger partial charge in [-0.3, -0.25) is 9.59 Å². The Kier molecular flexibility index (Phi) is 5.87. The van der Waals surface area contributed by atoms with Crippen LogP contribution in [-0.4, -0.2) is 32.0 Å². The minimum Gasteiger partial charge on any atom is -0.368 e. The van der Waals surface area contributed by atoms with Gasteiger partial charge in [0.2, 0.25) is 5.91 Å². The first-order valence-electron chi connectivity index (χ1n) is 7.43. The molecule has 8 heteroatoms. The average Bonchev–Trinajstić information content (AvgIpc) is 2.59. The van der Waals surface area contributed by atoms with E-state index in [9.17, 15) is 22.4 Å². The second-order valence-corrected chi connectivity index (χ2v) is 7.47. The number of nitrogens with one attached hydrogen (secondary N) is 1. The predicted molar refractivity (Wildman–Crippen MR) is 90.0 cm³/mol. The molecule has 0 radical (unpaired) electrons. The number of halogens is 1. The zero-order valence-corrected chi connectivity index (χ0v) is 14.0. The van der Waals surface area contributed by atoms with Gasteiger partial charge in [-0.15, -0.1) is 0 Å². The van der Waals surface area contributed by atoms with Crippen molar-refractivity contribution in [1.82, 2.24) is 5.32 Å². The van der Waals surface area contributed by atoms with Crippen molar-refractivity contribution in [3.05, 3.63) is 66.0 Å². The third kappa shape index (κ3) is 5.12. The van der Waals surface area contributed by atoms with E-state index in [-0.39, 0.29) is 22.6 Å². The average molecular weight is 364 g/mol. The molecule has 2 aromatic rings. The van der Waals surface area contributed by atoms with Crippen molar-refractivity contribution in [1.29, 1.82) is 0 Å². The molecule has 3 N–H and O–H groups in total. The summed E-state index contributed by atoms with van der Waals surface area (Å²) in [5, 5.41) is 2.38. The molecule has 25 heavy (non-hydrogen) atoms. The summed E-state index contributed by atoms with van der Waals surface area (Å²) >= 11 is 0. The van der Waals surface area contributed by atoms with Crippen molar-refractivity contribution in [2.45, 2.75) is 17.4 Å². The van der Waals surface area contributed by atoms with Crippen LogP contribution < -0.4 is 11.1 Å². The van der Waals surface area contributed by atoms with Crippen LogP contribution >= 0.6 is 0 Å². The molecule has 0 aliphatic carbocycles. The second-order valence-electron chi connectivity index (χ2n) is 5.36. The van der Waals surface area contributed by atoms with Crippen LogP contribution in [0.15, 0.2) is 59.5 Å². The van der Waals surface area contributed by atoms with Gasteiger partial charge in [0.05, 0.1) is 10.6 Å². The van der Waals surface area contributed by atoms with Crippen LogP contribution in [0.2, 0.25) is 0 Å². The molecule has 0 saturated heterocycles. The van der Waals surface area contributed by atoms with Gasteiger partial charge < -0.3 is 11.1 Å². The Morgan fingerprint density at radius 1 is 1.04 bits per heavy atom. The molecule has 0 aliphatic heterocycles. The Hall–Kier alpha value is -2.74. The summed E-state index contributed by atoms with van der Waals surface area (Å²) in [6.07, 6.45) is -0.167. The molecule has 0 aromatic heterocycles. The van der Waals surface area contributed by atoms with Gasteiger partial charge in [-0.2, -0.15) is 0 Å². The van der Waals surface area contributed by atoms with Crippen molar-refractivity contribution in [2.75, 3.05) is 5.75 Å². The summed E-state index contributed by atoms with van der Waals surface area (Å²) in [6, 6.07) is 11.3. The first-order chi connectivity index (χ1) is 11.8. The molecule has 0 fully saturated rings. The summed E-state index contributed by atoms with van der Waals surface area (Å²) in [7, 11) is -3.60. The van der Waals surface area contributed by atoms with E-state index in [4.69, 9.17) is 5.73 Å². The van der Waals surface area contributed by atoms with E-state index in [1.54, 1.807) is 18.2 Å². The lowest BCUT2D eigenvalue weighted by molar-refractivity contribution is -0.119. The zero-order chi connectivity index (χ0) is 18.4. The molecule has 0 saturated carbocycles. The SMILES string of the molecule is NC(=O)[C@@H](CCS(=O)(=O)c1ccccc1)NC(=O)c1ccc(F)cc1. The number of hydrogen-bond acceptors (Lipinski definition) is 4. The normalized spacial score (nSPS) is 12.4. The maximum Gasteiger partial charge on any atom is 0.251 e. The van der Waals surface area contributed by atoms with Crippen LogP contribution in [0.25, 0.3) is 0 Å². The van der Waals surface area contributed by atoms with Crippen molar-refractivity contribution in [3.8, 4) is 0 Å². The molecule has 0 bridgehead atoms. The van der Waals surface area contributed by atoms with Gasteiger partial charge >= 0.3 is 0 Å². The van der Waals surface area contributed by atoms with Crippen molar-refractivity contribution in [3.63, 3.8) is 0 Å². The van der Waals surface area contributed by atoms with E-state index >= 15 is 0 Å². The Labute approximate surface area is 144 Å². The molecule has 132 valence electrons. The van der Waals surface area contributed by atoms with E-state index in [1.807, 2.05) is 0 Å². The smallest absolute Gasteiger partial charge is 0.251 e. The highest BCUT2D eigenvalue weighted by atomic mass is 32.2. The molecule has 6 nitrogen and oxygen atoms in total. The molecule has 0 spiro atoms. The monoisotopic (exact) mass is 364 g/mol. The van der Waals surface area contributed by atoms with Crippen LogP contribution in [-0.2, 0) is 14.6 Å². The second kappa shape index (κ2) is 7.89. The molecule has 1 atom stereocenters. The third-order valence-corrected chi connectivity index (χ3v) is 5.30. The first-order valence-corrected chi connectivity index (χ1v) is 9.08. The van der Waals surface area contributed by atoms with E-state index < -0.39 is 33.5 Å². The van der Waals surface area contributed by atoms with Gasteiger partial charge in [0.1, 0.15) is 11.9 Å². The van der Waals surface area contributed by atoms with Gasteiger partial charge in [0.15, 0.2) is 9.84 Å². The van der Waals surface area contributed by atoms with Crippen LogP contribution in [0.5, 0.6) is 0 Å². The lowest BCUT2D eigenvalue weighted by atomic mass is 10.1. The van der Waals surface area contributed by atoms with Crippen LogP contribution in [0.1, 0.15) is 16.8 Å². The lowest BCUT2D eigenvalue weighted by Crippen LogP contribution is -2.45. The summed E-state index contributed by atoms with van der Waals surface area (Å²) in [4.78, 5) is 23.7. The van der Waals surface area contributed by atoms with E-state index in [1.165, 1.54) is 24.3 Å². The van der Waals surface area contributed by atoms with Gasteiger partial charge in [0, 0.05) is 5.56 Å². The largest absolute Gasteiger partial charge is 0.368 e. The number of nitrogens with two attached hydrogens (primary N) is 1. The Morgan fingerprint density at radius 2 is 1.64 bits per heavy atom. The summed E-state index contributed by atoms with van der Waals surface area (Å²) in [5.41, 5.74) is 5.38. The van der Waals surface area contributed by atoms with Crippen LogP contribution in [0.3, 0.4) is 0 Å². The molecule has 2 amide bonds. The standard InChI is InChI=1S/C17H17FN2O4S/c18-13-8-6-12(7-9-13)17(22)20-15(16(19)21)10-11-25(23,24)14-4-2-1-3-5-14/h1-9,15H,10-11H2,(H2,19,21)(H,20,22)/t15-/m1/s1. The number of primary amides is 1. The van der Waals surface area contributed by atoms with Gasteiger partial charge in [0.25, 0.3) is 5.91 Å². The fraction of sp³-hybridized carbons (Fsp3) is 0.176. The van der Waals surface area contributed by atoms with Gasteiger partial charge in [-0.25, -0.2) is 12.8 Å². The Bertz CT molecular complexity index is 852. The van der Waals surface area contributed by atoms with Crippen LogP contribution in [0, 0.1) is 5.82 Å². The molecular weight excluding hydrogens is 347 g/mol. The molecule has 2 rings (SSSR count). The number of amides is 2. The highest BCUT2D eigenvalue weighted by Crippen LogP contribution is 2.12. The number of carbonyl (C=O) groups is 2. The molecular formula is C17H17FN2O4S.